The molecule has 38 heavy (non-hydrogen) atoms. The van der Waals surface area contributed by atoms with E-state index in [2.05, 4.69) is 129 Å². The van der Waals surface area contributed by atoms with Crippen LogP contribution in [-0.2, 0) is 17.4 Å². The highest BCUT2D eigenvalue weighted by molar-refractivity contribution is 6.09. The predicted octanol–water partition coefficient (Wildman–Crippen LogP) is 9.28. The molecule has 0 saturated heterocycles. The maximum atomic E-state index is 2.61. The van der Waals surface area contributed by atoms with E-state index < -0.39 is 0 Å². The Kier molecular flexibility index (Phi) is 6.17. The summed E-state index contributed by atoms with van der Waals surface area (Å²) >= 11 is 0. The number of hydrogen-bond acceptors (Lipinski definition) is 0. The van der Waals surface area contributed by atoms with Gasteiger partial charge in [-0.1, -0.05) is 70.5 Å². The summed E-state index contributed by atoms with van der Waals surface area (Å²) in [6.07, 6.45) is 9.24. The first-order valence-electron chi connectivity index (χ1n) is 14.7. The van der Waals surface area contributed by atoms with Crippen LogP contribution in [0.1, 0.15) is 77.8 Å². The minimum atomic E-state index is 0.0531. The molecule has 0 aliphatic carbocycles. The largest absolute Gasteiger partial charge is 0.309 e. The second-order valence-corrected chi connectivity index (χ2v) is 11.4. The zero-order valence-electron chi connectivity index (χ0n) is 23.7. The van der Waals surface area contributed by atoms with Gasteiger partial charge in [-0.2, -0.15) is 4.57 Å². The summed E-state index contributed by atoms with van der Waals surface area (Å²) in [5.74, 6) is 0. The summed E-state index contributed by atoms with van der Waals surface area (Å²) in [6, 6.07) is 30.0. The van der Waals surface area contributed by atoms with Gasteiger partial charge in [0.1, 0.15) is 0 Å². The summed E-state index contributed by atoms with van der Waals surface area (Å²) < 4.78 is 5.11. The highest BCUT2D eigenvalue weighted by Crippen LogP contribution is 2.51. The molecule has 0 amide bonds. The summed E-state index contributed by atoms with van der Waals surface area (Å²) in [5, 5.41) is 2.66. The van der Waals surface area contributed by atoms with Crippen LogP contribution in [0.15, 0.2) is 85.1 Å². The third-order valence-electron chi connectivity index (χ3n) is 9.91. The average molecular weight is 502 g/mol. The molecule has 0 spiro atoms. The minimum absolute atomic E-state index is 0.0531. The molecule has 6 rings (SSSR count). The molecule has 0 N–H and O–H groups in total. The molecule has 1 atom stereocenters. The van der Waals surface area contributed by atoms with Crippen molar-refractivity contribution in [2.45, 2.75) is 84.1 Å². The van der Waals surface area contributed by atoms with E-state index in [0.717, 1.165) is 25.7 Å². The fraction of sp³-hybridized carbons (Fsp3) is 0.361. The topological polar surface area (TPSA) is 8.81 Å². The van der Waals surface area contributed by atoms with Gasteiger partial charge in [0.25, 0.3) is 0 Å². The molecule has 1 aliphatic heterocycles. The molecule has 0 bridgehead atoms. The van der Waals surface area contributed by atoms with E-state index in [9.17, 15) is 0 Å². The van der Waals surface area contributed by atoms with Crippen LogP contribution in [0, 0.1) is 0 Å². The van der Waals surface area contributed by atoms with Crippen LogP contribution in [0.5, 0.6) is 0 Å². The molecule has 1 unspecified atom stereocenters. The van der Waals surface area contributed by atoms with Crippen molar-refractivity contribution < 1.29 is 4.57 Å². The first kappa shape index (κ1) is 24.9. The lowest BCUT2D eigenvalue weighted by Gasteiger charge is -2.47. The van der Waals surface area contributed by atoms with Crippen LogP contribution in [0.3, 0.4) is 0 Å². The van der Waals surface area contributed by atoms with E-state index in [1.165, 1.54) is 62.7 Å². The van der Waals surface area contributed by atoms with Crippen molar-refractivity contribution in [2.24, 2.45) is 0 Å². The molecule has 0 saturated carbocycles. The second-order valence-electron chi connectivity index (χ2n) is 11.4. The normalized spacial score (nSPS) is 18.0. The van der Waals surface area contributed by atoms with Crippen LogP contribution in [0.4, 0.5) is 0 Å². The molecular formula is C36H41N2+. The number of aromatic nitrogens is 2. The number of para-hydroxylation sites is 1. The highest BCUT2D eigenvalue weighted by Gasteiger charge is 2.58. The van der Waals surface area contributed by atoms with Crippen molar-refractivity contribution in [3.63, 3.8) is 0 Å². The van der Waals surface area contributed by atoms with E-state index >= 15 is 0 Å². The van der Waals surface area contributed by atoms with E-state index in [1.807, 2.05) is 0 Å². The lowest BCUT2D eigenvalue weighted by atomic mass is 9.59. The van der Waals surface area contributed by atoms with Crippen LogP contribution in [-0.4, -0.2) is 4.57 Å². The van der Waals surface area contributed by atoms with Crippen molar-refractivity contribution in [3.05, 3.63) is 96.2 Å². The first-order valence-corrected chi connectivity index (χ1v) is 14.7. The minimum Gasteiger partial charge on any atom is -0.309 e. The Hall–Kier alpha value is -3.39. The van der Waals surface area contributed by atoms with E-state index in [-0.39, 0.29) is 11.0 Å². The first-order chi connectivity index (χ1) is 18.5. The Morgan fingerprint density at radius 3 is 2.26 bits per heavy atom. The van der Waals surface area contributed by atoms with E-state index in [1.54, 1.807) is 0 Å². The Bertz CT molecular complexity index is 1630. The molecule has 0 fully saturated rings. The average Bonchev–Trinajstić information content (AvgIpc) is 3.30. The predicted molar refractivity (Wildman–Crippen MR) is 161 cm³/mol. The summed E-state index contributed by atoms with van der Waals surface area (Å²) in [4.78, 5) is 0. The van der Waals surface area contributed by atoms with Crippen molar-refractivity contribution in [1.29, 1.82) is 0 Å². The Morgan fingerprint density at radius 2 is 1.50 bits per heavy atom. The standard InChI is InChI=1S/C36H41N2/c1-6-10-15-26-19-21-29-28-16-11-12-18-33(28)38(34(29)24-26)27-20-22-31-30(25-27)32-17-13-14-23-37(32)36(8-3,9-4)35(31,5)7-2/h11-14,16-25H,6-10,15H2,1-5H3/q+1. The van der Waals surface area contributed by atoms with E-state index in [4.69, 9.17) is 0 Å². The number of nitrogens with zero attached hydrogens (tertiary/aromatic N) is 2. The number of unbranched alkanes of at least 4 members (excludes halogenated alkanes) is 1. The third kappa shape index (κ3) is 3.35. The zero-order chi connectivity index (χ0) is 26.5. The van der Waals surface area contributed by atoms with Crippen LogP contribution in [0.25, 0.3) is 38.8 Å². The van der Waals surface area contributed by atoms with Gasteiger partial charge in [-0.05, 0) is 67.6 Å². The number of pyridine rings is 1. The SMILES string of the molecule is CCCCc1ccc2c3ccccc3n(-c3ccc4c(c3)-c3cccc[n+]3C(CC)(CC)C4(C)CC)c2c1. The molecular weight excluding hydrogens is 460 g/mol. The molecule has 1 aliphatic rings. The molecule has 3 heterocycles. The van der Waals surface area contributed by atoms with Gasteiger partial charge >= 0.3 is 0 Å². The number of hydrogen-bond donors (Lipinski definition) is 0. The van der Waals surface area contributed by atoms with Gasteiger partial charge in [0.15, 0.2) is 11.7 Å². The second kappa shape index (κ2) is 9.42. The quantitative estimate of drug-likeness (QED) is 0.196. The van der Waals surface area contributed by atoms with Gasteiger partial charge in [0.05, 0.1) is 22.0 Å². The Labute approximate surface area is 227 Å². The molecule has 2 nitrogen and oxygen atoms in total. The van der Waals surface area contributed by atoms with Gasteiger partial charge in [0, 0.05) is 41.4 Å². The maximum absolute atomic E-state index is 2.61. The smallest absolute Gasteiger partial charge is 0.213 e. The number of benzene rings is 3. The highest BCUT2D eigenvalue weighted by atomic mass is 15.1. The van der Waals surface area contributed by atoms with Crippen molar-refractivity contribution in [3.8, 4) is 16.9 Å². The fourth-order valence-corrected chi connectivity index (χ4v) is 7.64. The molecule has 2 aromatic heterocycles. The van der Waals surface area contributed by atoms with E-state index in [0.29, 0.717) is 0 Å². The maximum Gasteiger partial charge on any atom is 0.213 e. The molecule has 5 aromatic rings. The lowest BCUT2D eigenvalue weighted by molar-refractivity contribution is -0.769. The summed E-state index contributed by atoms with van der Waals surface area (Å²) in [7, 11) is 0. The van der Waals surface area contributed by atoms with Gasteiger partial charge in [-0.3, -0.25) is 0 Å². The monoisotopic (exact) mass is 501 g/mol. The lowest BCUT2D eigenvalue weighted by Crippen LogP contribution is -2.68. The van der Waals surface area contributed by atoms with Crippen LogP contribution in [0.2, 0.25) is 0 Å². The summed E-state index contributed by atoms with van der Waals surface area (Å²) in [6.45, 7) is 11.9. The molecule has 3 aromatic carbocycles. The van der Waals surface area contributed by atoms with Crippen molar-refractivity contribution in [2.75, 3.05) is 0 Å². The Morgan fingerprint density at radius 1 is 0.737 bits per heavy atom. The van der Waals surface area contributed by atoms with Crippen LogP contribution >= 0.6 is 0 Å². The zero-order valence-corrected chi connectivity index (χ0v) is 23.7. The van der Waals surface area contributed by atoms with Gasteiger partial charge < -0.3 is 4.57 Å². The molecule has 0 radical (unpaired) electrons. The molecule has 194 valence electrons. The van der Waals surface area contributed by atoms with Gasteiger partial charge in [-0.25, -0.2) is 0 Å². The van der Waals surface area contributed by atoms with Crippen molar-refractivity contribution in [1.82, 2.24) is 4.57 Å². The summed E-state index contributed by atoms with van der Waals surface area (Å²) in [5.41, 5.74) is 9.58. The van der Waals surface area contributed by atoms with Gasteiger partial charge in [0.2, 0.25) is 5.69 Å². The fourth-order valence-electron chi connectivity index (χ4n) is 7.64. The number of rotatable bonds is 7. The Balaban J connectivity index is 1.64. The van der Waals surface area contributed by atoms with Crippen molar-refractivity contribution >= 4 is 21.8 Å². The number of aryl methyl sites for hydroxylation is 1. The molecule has 2 heteroatoms. The number of fused-ring (bicyclic) bond motifs is 6. The van der Waals surface area contributed by atoms with Crippen LogP contribution < -0.4 is 4.57 Å². The third-order valence-corrected chi connectivity index (χ3v) is 9.91. The van der Waals surface area contributed by atoms with Gasteiger partial charge in [-0.15, -0.1) is 0 Å².